The van der Waals surface area contributed by atoms with E-state index in [0.717, 1.165) is 25.7 Å². The van der Waals surface area contributed by atoms with Crippen LogP contribution in [0.2, 0.25) is 0 Å². The van der Waals surface area contributed by atoms with E-state index in [0.29, 0.717) is 0 Å². The van der Waals surface area contributed by atoms with Crippen molar-refractivity contribution in [1.82, 2.24) is 0 Å². The lowest BCUT2D eigenvalue weighted by atomic mass is 10.1. The van der Waals surface area contributed by atoms with E-state index in [1.165, 1.54) is 0 Å². The second-order valence-electron chi connectivity index (χ2n) is 2.90. The summed E-state index contributed by atoms with van der Waals surface area (Å²) in [5, 5.41) is 0. The highest BCUT2D eigenvalue weighted by Gasteiger charge is 2.50. The Bertz CT molecular complexity index is 135. The second-order valence-corrected chi connectivity index (χ2v) is 5.18. The van der Waals surface area contributed by atoms with Crippen molar-refractivity contribution >= 4 is 34.8 Å². The van der Waals surface area contributed by atoms with Crippen molar-refractivity contribution in [3.8, 4) is 0 Å². The zero-order chi connectivity index (χ0) is 8.54. The van der Waals surface area contributed by atoms with E-state index >= 15 is 0 Å². The third-order valence-electron chi connectivity index (χ3n) is 2.32. The molecule has 0 atom stereocenters. The molecular formula is C7H11Cl3O. The molecule has 4 heteroatoms. The Morgan fingerprint density at radius 2 is 1.64 bits per heavy atom. The third kappa shape index (κ3) is 1.77. The molecule has 0 radical (unpaired) electrons. The van der Waals surface area contributed by atoms with Crippen LogP contribution in [0.25, 0.3) is 0 Å². The van der Waals surface area contributed by atoms with E-state index < -0.39 is 9.39 Å². The predicted molar refractivity (Wildman–Crippen MR) is 48.5 cm³/mol. The number of rotatable bonds is 1. The number of halogens is 3. The molecule has 0 amide bonds. The van der Waals surface area contributed by atoms with Crippen LogP contribution in [0.5, 0.6) is 0 Å². The molecule has 0 N–H and O–H groups in total. The van der Waals surface area contributed by atoms with Gasteiger partial charge in [0.15, 0.2) is 0 Å². The fraction of sp³-hybridized carbons (Fsp3) is 1.00. The van der Waals surface area contributed by atoms with Gasteiger partial charge >= 0.3 is 0 Å². The van der Waals surface area contributed by atoms with Crippen LogP contribution in [-0.4, -0.2) is 16.5 Å². The van der Waals surface area contributed by atoms with Crippen molar-refractivity contribution in [1.29, 1.82) is 0 Å². The third-order valence-corrected chi connectivity index (χ3v) is 3.35. The highest BCUT2D eigenvalue weighted by molar-refractivity contribution is 6.68. The summed E-state index contributed by atoms with van der Waals surface area (Å²) >= 11 is 17.4. The molecule has 0 saturated heterocycles. The average Bonchev–Trinajstić information content (AvgIpc) is 2.33. The summed E-state index contributed by atoms with van der Waals surface area (Å²) in [5.74, 6) is 0. The first-order valence-corrected chi connectivity index (χ1v) is 4.77. The van der Waals surface area contributed by atoms with Gasteiger partial charge in [0.1, 0.15) is 5.60 Å². The van der Waals surface area contributed by atoms with Crippen LogP contribution in [-0.2, 0) is 4.74 Å². The minimum absolute atomic E-state index is 0.530. The summed E-state index contributed by atoms with van der Waals surface area (Å²) in [6.45, 7) is 0. The topological polar surface area (TPSA) is 9.23 Å². The largest absolute Gasteiger partial charge is 0.374 e. The van der Waals surface area contributed by atoms with Crippen molar-refractivity contribution in [2.24, 2.45) is 0 Å². The van der Waals surface area contributed by atoms with E-state index in [9.17, 15) is 0 Å². The summed E-state index contributed by atoms with van der Waals surface area (Å²) in [5.41, 5.74) is -0.530. The first kappa shape index (κ1) is 9.91. The molecule has 0 aromatic heterocycles. The molecule has 11 heavy (non-hydrogen) atoms. The van der Waals surface area contributed by atoms with Crippen LogP contribution in [0, 0.1) is 0 Å². The Hall–Kier alpha value is 0.830. The van der Waals surface area contributed by atoms with E-state index in [-0.39, 0.29) is 0 Å². The molecular weight excluding hydrogens is 206 g/mol. The normalized spacial score (nSPS) is 24.0. The van der Waals surface area contributed by atoms with Crippen LogP contribution in [0.1, 0.15) is 25.7 Å². The maximum atomic E-state index is 5.80. The average molecular weight is 218 g/mol. The maximum Gasteiger partial charge on any atom is 0.219 e. The molecule has 1 saturated carbocycles. The van der Waals surface area contributed by atoms with E-state index in [2.05, 4.69) is 0 Å². The van der Waals surface area contributed by atoms with Gasteiger partial charge in [0.2, 0.25) is 3.79 Å². The molecule has 0 aliphatic heterocycles. The van der Waals surface area contributed by atoms with E-state index in [1.807, 2.05) is 0 Å². The summed E-state index contributed by atoms with van der Waals surface area (Å²) in [4.78, 5) is 0. The summed E-state index contributed by atoms with van der Waals surface area (Å²) in [6, 6.07) is 0. The number of alkyl halides is 3. The molecule has 1 rings (SSSR count). The van der Waals surface area contributed by atoms with Crippen molar-refractivity contribution in [3.05, 3.63) is 0 Å². The molecule has 1 aliphatic rings. The van der Waals surface area contributed by atoms with Gasteiger partial charge in [-0.1, -0.05) is 47.6 Å². The smallest absolute Gasteiger partial charge is 0.219 e. The Morgan fingerprint density at radius 1 is 1.18 bits per heavy atom. The highest BCUT2D eigenvalue weighted by atomic mass is 35.6. The van der Waals surface area contributed by atoms with Crippen LogP contribution < -0.4 is 0 Å². The van der Waals surface area contributed by atoms with Crippen molar-refractivity contribution in [2.75, 3.05) is 7.11 Å². The predicted octanol–water partition coefficient (Wildman–Crippen LogP) is 3.32. The van der Waals surface area contributed by atoms with Gasteiger partial charge in [0, 0.05) is 7.11 Å². The van der Waals surface area contributed by atoms with Gasteiger partial charge in [0.25, 0.3) is 0 Å². The molecule has 0 unspecified atom stereocenters. The highest BCUT2D eigenvalue weighted by Crippen LogP contribution is 2.49. The number of ether oxygens (including phenoxy) is 1. The Kier molecular flexibility index (Phi) is 2.97. The molecule has 0 aromatic carbocycles. The van der Waals surface area contributed by atoms with Crippen LogP contribution in [0.4, 0.5) is 0 Å². The van der Waals surface area contributed by atoms with Gasteiger partial charge in [-0.3, -0.25) is 0 Å². The lowest BCUT2D eigenvalue weighted by Gasteiger charge is -2.34. The minimum Gasteiger partial charge on any atom is -0.374 e. The Balaban J connectivity index is 2.75. The lowest BCUT2D eigenvalue weighted by molar-refractivity contribution is -0.000830. The van der Waals surface area contributed by atoms with Crippen LogP contribution >= 0.6 is 34.8 Å². The van der Waals surface area contributed by atoms with E-state index in [1.54, 1.807) is 7.11 Å². The van der Waals surface area contributed by atoms with Gasteiger partial charge in [-0.2, -0.15) is 0 Å². The van der Waals surface area contributed by atoms with Gasteiger partial charge in [-0.15, -0.1) is 0 Å². The number of methoxy groups -OCH3 is 1. The second kappa shape index (κ2) is 3.29. The van der Waals surface area contributed by atoms with Crippen molar-refractivity contribution in [2.45, 2.75) is 35.1 Å². The quantitative estimate of drug-likeness (QED) is 0.612. The molecule has 1 aliphatic carbocycles. The zero-order valence-corrected chi connectivity index (χ0v) is 8.64. The number of hydrogen-bond acceptors (Lipinski definition) is 1. The fourth-order valence-corrected chi connectivity index (χ4v) is 2.35. The fourth-order valence-electron chi connectivity index (χ4n) is 1.55. The molecule has 0 heterocycles. The van der Waals surface area contributed by atoms with Crippen molar-refractivity contribution in [3.63, 3.8) is 0 Å². The Morgan fingerprint density at radius 3 is 1.82 bits per heavy atom. The first-order valence-electron chi connectivity index (χ1n) is 3.64. The monoisotopic (exact) mass is 216 g/mol. The SMILES string of the molecule is COC1(C(Cl)(Cl)Cl)CCCC1. The molecule has 1 nitrogen and oxygen atoms in total. The van der Waals surface area contributed by atoms with Gasteiger partial charge in [0.05, 0.1) is 0 Å². The number of hydrogen-bond donors (Lipinski definition) is 0. The van der Waals surface area contributed by atoms with Gasteiger partial charge in [-0.05, 0) is 12.8 Å². The zero-order valence-electron chi connectivity index (χ0n) is 6.37. The Labute approximate surface area is 81.9 Å². The molecule has 0 aromatic rings. The first-order chi connectivity index (χ1) is 5.02. The lowest BCUT2D eigenvalue weighted by Crippen LogP contribution is -2.41. The van der Waals surface area contributed by atoms with Gasteiger partial charge < -0.3 is 4.74 Å². The summed E-state index contributed by atoms with van der Waals surface area (Å²) in [6.07, 6.45) is 3.86. The maximum absolute atomic E-state index is 5.80. The summed E-state index contributed by atoms with van der Waals surface area (Å²) in [7, 11) is 1.60. The van der Waals surface area contributed by atoms with Crippen LogP contribution in [0.3, 0.4) is 0 Å². The van der Waals surface area contributed by atoms with Crippen molar-refractivity contribution < 1.29 is 4.74 Å². The standard InChI is InChI=1S/C7H11Cl3O/c1-11-6(7(8,9)10)4-2-3-5-6/h2-5H2,1H3. The van der Waals surface area contributed by atoms with Gasteiger partial charge in [-0.25, -0.2) is 0 Å². The molecule has 1 fully saturated rings. The minimum atomic E-state index is -1.28. The molecule has 66 valence electrons. The van der Waals surface area contributed by atoms with Crippen LogP contribution in [0.15, 0.2) is 0 Å². The molecule has 0 bridgehead atoms. The molecule has 0 spiro atoms. The summed E-state index contributed by atoms with van der Waals surface area (Å²) < 4.78 is 3.99. The van der Waals surface area contributed by atoms with E-state index in [4.69, 9.17) is 39.5 Å².